The van der Waals surface area contributed by atoms with Gasteiger partial charge in [-0.05, 0) is 17.6 Å². The van der Waals surface area contributed by atoms with Gasteiger partial charge in [-0.3, -0.25) is 0 Å². The van der Waals surface area contributed by atoms with Gasteiger partial charge in [0, 0.05) is 5.41 Å². The molecule has 0 aromatic heterocycles. The zero-order valence-corrected chi connectivity index (χ0v) is 10.7. The number of rotatable bonds is 6. The molecule has 0 amide bonds. The van der Waals surface area contributed by atoms with Gasteiger partial charge in [-0.25, -0.2) is 0 Å². The first kappa shape index (κ1) is 13.1. The highest BCUT2D eigenvalue weighted by Crippen LogP contribution is 2.36. The second kappa shape index (κ2) is 5.98. The Bertz CT molecular complexity index is 410. The third-order valence-electron chi connectivity index (χ3n) is 3.40. The van der Waals surface area contributed by atoms with E-state index in [4.69, 9.17) is 9.47 Å². The molecule has 1 aliphatic rings. The molecule has 1 saturated heterocycles. The highest BCUT2D eigenvalue weighted by atomic mass is 16.5. The molecule has 2 nitrogen and oxygen atoms in total. The molecule has 0 unspecified atom stereocenters. The summed E-state index contributed by atoms with van der Waals surface area (Å²) in [5, 5.41) is 0. The van der Waals surface area contributed by atoms with E-state index in [-0.39, 0.29) is 5.41 Å². The second-order valence-electron chi connectivity index (χ2n) is 4.84. The molecule has 0 spiro atoms. The molecule has 0 radical (unpaired) electrons. The van der Waals surface area contributed by atoms with Crippen molar-refractivity contribution >= 4 is 0 Å². The molecule has 2 rings (SSSR count). The normalized spacial score (nSPS) is 23.2. The third-order valence-corrected chi connectivity index (χ3v) is 3.40. The molecule has 0 aliphatic carbocycles. The quantitative estimate of drug-likeness (QED) is 0.565. The Morgan fingerprint density at radius 2 is 2.11 bits per heavy atom. The van der Waals surface area contributed by atoms with Crippen molar-refractivity contribution in [2.75, 3.05) is 26.4 Å². The zero-order chi connectivity index (χ0) is 12.8. The van der Waals surface area contributed by atoms with Crippen molar-refractivity contribution in [1.82, 2.24) is 0 Å². The summed E-state index contributed by atoms with van der Waals surface area (Å²) >= 11 is 0. The standard InChI is InChI=1S/C16H20O2/c1-3-9-17-12-16(13-18-11-14(16)2)10-15-7-5-4-6-8-15/h3-8H,1-2,9-13H2/t16-/m0/s1. The van der Waals surface area contributed by atoms with Crippen LogP contribution in [0.2, 0.25) is 0 Å². The fourth-order valence-corrected chi connectivity index (χ4v) is 2.32. The van der Waals surface area contributed by atoms with Gasteiger partial charge in [-0.15, -0.1) is 6.58 Å². The van der Waals surface area contributed by atoms with Crippen LogP contribution in [0.15, 0.2) is 55.1 Å². The van der Waals surface area contributed by atoms with Crippen molar-refractivity contribution in [1.29, 1.82) is 0 Å². The van der Waals surface area contributed by atoms with E-state index in [9.17, 15) is 0 Å². The van der Waals surface area contributed by atoms with E-state index in [2.05, 4.69) is 37.4 Å². The molecule has 1 aromatic rings. The maximum absolute atomic E-state index is 5.65. The first-order valence-corrected chi connectivity index (χ1v) is 6.25. The van der Waals surface area contributed by atoms with Crippen LogP contribution in [0.3, 0.4) is 0 Å². The van der Waals surface area contributed by atoms with Crippen molar-refractivity contribution in [3.63, 3.8) is 0 Å². The molecule has 0 saturated carbocycles. The number of ether oxygens (including phenoxy) is 2. The predicted molar refractivity (Wildman–Crippen MR) is 73.6 cm³/mol. The lowest BCUT2D eigenvalue weighted by atomic mass is 9.79. The average molecular weight is 244 g/mol. The highest BCUT2D eigenvalue weighted by Gasteiger charge is 2.38. The van der Waals surface area contributed by atoms with E-state index in [1.807, 2.05) is 6.07 Å². The largest absolute Gasteiger partial charge is 0.376 e. The summed E-state index contributed by atoms with van der Waals surface area (Å²) < 4.78 is 11.2. The molecule has 96 valence electrons. The van der Waals surface area contributed by atoms with Crippen molar-refractivity contribution in [3.8, 4) is 0 Å². The second-order valence-corrected chi connectivity index (χ2v) is 4.84. The third kappa shape index (κ3) is 2.89. The molecule has 18 heavy (non-hydrogen) atoms. The monoisotopic (exact) mass is 244 g/mol. The summed E-state index contributed by atoms with van der Waals surface area (Å²) in [7, 11) is 0. The van der Waals surface area contributed by atoms with Crippen LogP contribution in [0.4, 0.5) is 0 Å². The van der Waals surface area contributed by atoms with Crippen molar-refractivity contribution in [2.24, 2.45) is 5.41 Å². The van der Waals surface area contributed by atoms with E-state index in [1.165, 1.54) is 5.56 Å². The van der Waals surface area contributed by atoms with Crippen LogP contribution in [-0.4, -0.2) is 26.4 Å². The molecule has 1 atom stereocenters. The molecule has 1 heterocycles. The van der Waals surface area contributed by atoms with Gasteiger partial charge in [-0.2, -0.15) is 0 Å². The first-order valence-electron chi connectivity index (χ1n) is 6.25. The summed E-state index contributed by atoms with van der Waals surface area (Å²) in [5.74, 6) is 0. The van der Waals surface area contributed by atoms with Gasteiger partial charge in [0.05, 0.1) is 26.4 Å². The van der Waals surface area contributed by atoms with Crippen molar-refractivity contribution < 1.29 is 9.47 Å². The predicted octanol–water partition coefficient (Wildman–Crippen LogP) is 3.00. The van der Waals surface area contributed by atoms with Crippen LogP contribution in [0.5, 0.6) is 0 Å². The summed E-state index contributed by atoms with van der Waals surface area (Å²) in [6, 6.07) is 10.4. The maximum Gasteiger partial charge on any atom is 0.0681 e. The SMILES string of the molecule is C=CCOC[C@@]1(Cc2ccccc2)COCC1=C. The summed E-state index contributed by atoms with van der Waals surface area (Å²) in [6.07, 6.45) is 2.69. The van der Waals surface area contributed by atoms with E-state index in [1.54, 1.807) is 6.08 Å². The topological polar surface area (TPSA) is 18.5 Å². The van der Waals surface area contributed by atoms with Gasteiger partial charge in [0.1, 0.15) is 0 Å². The van der Waals surface area contributed by atoms with E-state index in [0.717, 1.165) is 12.0 Å². The van der Waals surface area contributed by atoms with Crippen LogP contribution in [0, 0.1) is 5.41 Å². The number of hydrogen-bond acceptors (Lipinski definition) is 2. The van der Waals surface area contributed by atoms with E-state index in [0.29, 0.717) is 26.4 Å². The summed E-state index contributed by atoms with van der Waals surface area (Å²) in [6.45, 7) is 10.4. The lowest BCUT2D eigenvalue weighted by Crippen LogP contribution is -2.31. The molecule has 1 aromatic carbocycles. The molecule has 0 bridgehead atoms. The Morgan fingerprint density at radius 1 is 1.33 bits per heavy atom. The number of hydrogen-bond donors (Lipinski definition) is 0. The van der Waals surface area contributed by atoms with E-state index >= 15 is 0 Å². The Balaban J connectivity index is 2.10. The molecular weight excluding hydrogens is 224 g/mol. The van der Waals surface area contributed by atoms with Gasteiger partial charge in [-0.1, -0.05) is 43.0 Å². The molecule has 0 N–H and O–H groups in total. The first-order chi connectivity index (χ1) is 8.77. The smallest absolute Gasteiger partial charge is 0.0681 e. The Hall–Kier alpha value is -1.38. The van der Waals surface area contributed by atoms with Crippen molar-refractivity contribution in [3.05, 3.63) is 60.7 Å². The molecule has 1 aliphatic heterocycles. The van der Waals surface area contributed by atoms with Crippen LogP contribution < -0.4 is 0 Å². The highest BCUT2D eigenvalue weighted by molar-refractivity contribution is 5.24. The van der Waals surface area contributed by atoms with Gasteiger partial charge >= 0.3 is 0 Å². The Labute approximate surface area is 109 Å². The van der Waals surface area contributed by atoms with Gasteiger partial charge in [0.25, 0.3) is 0 Å². The lowest BCUT2D eigenvalue weighted by Gasteiger charge is -2.28. The van der Waals surface area contributed by atoms with Gasteiger partial charge in [0.15, 0.2) is 0 Å². The zero-order valence-electron chi connectivity index (χ0n) is 10.7. The van der Waals surface area contributed by atoms with Crippen LogP contribution in [-0.2, 0) is 15.9 Å². The van der Waals surface area contributed by atoms with Crippen LogP contribution in [0.25, 0.3) is 0 Å². The average Bonchev–Trinajstić information content (AvgIpc) is 2.73. The molecule has 1 fully saturated rings. The van der Waals surface area contributed by atoms with Crippen molar-refractivity contribution in [2.45, 2.75) is 6.42 Å². The summed E-state index contributed by atoms with van der Waals surface area (Å²) in [4.78, 5) is 0. The molecule has 2 heteroatoms. The molecular formula is C16H20O2. The van der Waals surface area contributed by atoms with Gasteiger partial charge < -0.3 is 9.47 Å². The lowest BCUT2D eigenvalue weighted by molar-refractivity contribution is 0.0568. The maximum atomic E-state index is 5.65. The fourth-order valence-electron chi connectivity index (χ4n) is 2.32. The minimum atomic E-state index is -0.0790. The van der Waals surface area contributed by atoms with E-state index < -0.39 is 0 Å². The number of benzene rings is 1. The Morgan fingerprint density at radius 3 is 2.72 bits per heavy atom. The minimum absolute atomic E-state index is 0.0790. The van der Waals surface area contributed by atoms with Gasteiger partial charge in [0.2, 0.25) is 0 Å². The van der Waals surface area contributed by atoms with Crippen LogP contribution in [0.1, 0.15) is 5.56 Å². The fraction of sp³-hybridized carbons (Fsp3) is 0.375. The summed E-state index contributed by atoms with van der Waals surface area (Å²) in [5.41, 5.74) is 2.35. The minimum Gasteiger partial charge on any atom is -0.376 e. The van der Waals surface area contributed by atoms with Crippen LogP contribution >= 0.6 is 0 Å². The Kier molecular flexibility index (Phi) is 4.34.